The SMILES string of the molecule is CCCNC1CCCc2sc(-c3ccccc3F)nc21. The number of hydrogen-bond donors (Lipinski definition) is 1. The molecule has 0 fully saturated rings. The van der Waals surface area contributed by atoms with Gasteiger partial charge in [-0.15, -0.1) is 11.3 Å². The van der Waals surface area contributed by atoms with Crippen LogP contribution in [0.2, 0.25) is 0 Å². The Morgan fingerprint density at radius 2 is 2.25 bits per heavy atom. The summed E-state index contributed by atoms with van der Waals surface area (Å²) >= 11 is 1.65. The molecule has 2 aromatic rings. The van der Waals surface area contributed by atoms with E-state index in [0.29, 0.717) is 11.6 Å². The van der Waals surface area contributed by atoms with E-state index in [-0.39, 0.29) is 5.82 Å². The summed E-state index contributed by atoms with van der Waals surface area (Å²) in [6, 6.07) is 7.25. The third-order valence-corrected chi connectivity index (χ3v) is 4.86. The van der Waals surface area contributed by atoms with Crippen LogP contribution in [0, 0.1) is 5.82 Å². The molecule has 1 aliphatic carbocycles. The van der Waals surface area contributed by atoms with Gasteiger partial charge in [-0.3, -0.25) is 0 Å². The highest BCUT2D eigenvalue weighted by atomic mass is 32.1. The summed E-state index contributed by atoms with van der Waals surface area (Å²) in [6.45, 7) is 3.18. The topological polar surface area (TPSA) is 24.9 Å². The van der Waals surface area contributed by atoms with E-state index in [1.807, 2.05) is 12.1 Å². The van der Waals surface area contributed by atoms with E-state index in [9.17, 15) is 4.39 Å². The lowest BCUT2D eigenvalue weighted by atomic mass is 9.97. The molecule has 0 radical (unpaired) electrons. The van der Waals surface area contributed by atoms with Gasteiger partial charge in [-0.1, -0.05) is 19.1 Å². The fraction of sp³-hybridized carbons (Fsp3) is 0.438. The van der Waals surface area contributed by atoms with Crippen LogP contribution in [0.15, 0.2) is 24.3 Å². The molecule has 0 amide bonds. The summed E-state index contributed by atoms with van der Waals surface area (Å²) in [5, 5.41) is 4.38. The minimum atomic E-state index is -0.184. The van der Waals surface area contributed by atoms with Crippen molar-refractivity contribution in [2.75, 3.05) is 6.54 Å². The van der Waals surface area contributed by atoms with E-state index in [2.05, 4.69) is 12.2 Å². The summed E-state index contributed by atoms with van der Waals surface area (Å²) in [7, 11) is 0. The first-order valence-electron chi connectivity index (χ1n) is 7.27. The second kappa shape index (κ2) is 6.02. The second-order valence-corrected chi connectivity index (χ2v) is 6.29. The number of hydrogen-bond acceptors (Lipinski definition) is 3. The molecule has 1 unspecified atom stereocenters. The van der Waals surface area contributed by atoms with Crippen molar-refractivity contribution in [3.63, 3.8) is 0 Å². The molecular weight excluding hydrogens is 271 g/mol. The van der Waals surface area contributed by atoms with Gasteiger partial charge in [0.25, 0.3) is 0 Å². The largest absolute Gasteiger partial charge is 0.309 e. The molecule has 4 heteroatoms. The van der Waals surface area contributed by atoms with Crippen molar-refractivity contribution in [2.24, 2.45) is 0 Å². The molecule has 0 saturated carbocycles. The van der Waals surface area contributed by atoms with Crippen molar-refractivity contribution < 1.29 is 4.39 Å². The van der Waals surface area contributed by atoms with Gasteiger partial charge < -0.3 is 5.32 Å². The zero-order valence-corrected chi connectivity index (χ0v) is 12.5. The second-order valence-electron chi connectivity index (χ2n) is 5.21. The van der Waals surface area contributed by atoms with E-state index in [1.165, 1.54) is 17.4 Å². The Labute approximate surface area is 123 Å². The predicted molar refractivity (Wildman–Crippen MR) is 81.5 cm³/mol. The lowest BCUT2D eigenvalue weighted by Gasteiger charge is -2.22. The lowest BCUT2D eigenvalue weighted by Crippen LogP contribution is -2.25. The number of rotatable bonds is 4. The number of nitrogens with zero attached hydrogens (tertiary/aromatic N) is 1. The van der Waals surface area contributed by atoms with Crippen LogP contribution in [0.1, 0.15) is 42.8 Å². The molecule has 3 rings (SSSR count). The lowest BCUT2D eigenvalue weighted by molar-refractivity contribution is 0.454. The maximum absolute atomic E-state index is 13.9. The van der Waals surface area contributed by atoms with Gasteiger partial charge in [0.15, 0.2) is 0 Å². The molecule has 0 saturated heterocycles. The molecule has 0 bridgehead atoms. The molecule has 1 aromatic carbocycles. The summed E-state index contributed by atoms with van der Waals surface area (Å²) in [4.78, 5) is 6.05. The van der Waals surface area contributed by atoms with E-state index < -0.39 is 0 Å². The average Bonchev–Trinajstić information content (AvgIpc) is 2.89. The van der Waals surface area contributed by atoms with Gasteiger partial charge in [0.05, 0.1) is 11.7 Å². The Morgan fingerprint density at radius 3 is 3.05 bits per heavy atom. The fourth-order valence-corrected chi connectivity index (χ4v) is 3.88. The monoisotopic (exact) mass is 290 g/mol. The number of fused-ring (bicyclic) bond motifs is 1. The average molecular weight is 290 g/mol. The van der Waals surface area contributed by atoms with E-state index in [0.717, 1.165) is 36.5 Å². The van der Waals surface area contributed by atoms with Crippen molar-refractivity contribution in [3.8, 4) is 10.6 Å². The molecule has 20 heavy (non-hydrogen) atoms. The smallest absolute Gasteiger partial charge is 0.133 e. The highest BCUT2D eigenvalue weighted by Crippen LogP contribution is 2.37. The predicted octanol–water partition coefficient (Wildman–Crippen LogP) is 4.33. The Morgan fingerprint density at radius 1 is 1.40 bits per heavy atom. The minimum Gasteiger partial charge on any atom is -0.309 e. The Bertz CT molecular complexity index is 594. The molecule has 1 aromatic heterocycles. The van der Waals surface area contributed by atoms with Crippen LogP contribution >= 0.6 is 11.3 Å². The van der Waals surface area contributed by atoms with Gasteiger partial charge in [-0.05, 0) is 44.4 Å². The van der Waals surface area contributed by atoms with Crippen LogP contribution in [0.3, 0.4) is 0 Å². The van der Waals surface area contributed by atoms with Crippen molar-refractivity contribution in [3.05, 3.63) is 40.7 Å². The van der Waals surface area contributed by atoms with E-state index >= 15 is 0 Å². The Hall–Kier alpha value is -1.26. The summed E-state index contributed by atoms with van der Waals surface area (Å²) < 4.78 is 13.9. The first-order chi connectivity index (χ1) is 9.79. The normalized spacial score (nSPS) is 18.0. The quantitative estimate of drug-likeness (QED) is 0.906. The minimum absolute atomic E-state index is 0.184. The number of halogens is 1. The van der Waals surface area contributed by atoms with Gasteiger partial charge >= 0.3 is 0 Å². The molecule has 0 aliphatic heterocycles. The molecule has 1 heterocycles. The standard InChI is InChI=1S/C16H19FN2S/c1-2-10-18-13-8-5-9-14-15(13)19-16(20-14)11-6-3-4-7-12(11)17/h3-4,6-7,13,18H,2,5,8-10H2,1H3. The maximum atomic E-state index is 13.9. The van der Waals surface area contributed by atoms with Gasteiger partial charge in [-0.25, -0.2) is 9.37 Å². The highest BCUT2D eigenvalue weighted by Gasteiger charge is 2.25. The van der Waals surface area contributed by atoms with Gasteiger partial charge in [0.2, 0.25) is 0 Å². The number of aryl methyl sites for hydroxylation is 1. The summed E-state index contributed by atoms with van der Waals surface area (Å²) in [5.74, 6) is -0.184. The Balaban J connectivity index is 1.93. The van der Waals surface area contributed by atoms with E-state index in [1.54, 1.807) is 17.4 Å². The third-order valence-electron chi connectivity index (χ3n) is 3.70. The molecule has 1 atom stereocenters. The molecule has 106 valence electrons. The van der Waals surface area contributed by atoms with Crippen molar-refractivity contribution in [1.29, 1.82) is 0 Å². The maximum Gasteiger partial charge on any atom is 0.133 e. The van der Waals surface area contributed by atoms with Gasteiger partial charge in [-0.2, -0.15) is 0 Å². The van der Waals surface area contributed by atoms with Crippen LogP contribution in [0.25, 0.3) is 10.6 Å². The van der Waals surface area contributed by atoms with Crippen molar-refractivity contribution in [1.82, 2.24) is 10.3 Å². The highest BCUT2D eigenvalue weighted by molar-refractivity contribution is 7.15. The van der Waals surface area contributed by atoms with Crippen LogP contribution in [0.5, 0.6) is 0 Å². The van der Waals surface area contributed by atoms with Crippen molar-refractivity contribution >= 4 is 11.3 Å². The molecule has 1 aliphatic rings. The van der Waals surface area contributed by atoms with Crippen LogP contribution < -0.4 is 5.32 Å². The summed E-state index contributed by atoms with van der Waals surface area (Å²) in [6.07, 6.45) is 4.52. The van der Waals surface area contributed by atoms with Crippen molar-refractivity contribution in [2.45, 2.75) is 38.6 Å². The van der Waals surface area contributed by atoms with Gasteiger partial charge in [0, 0.05) is 10.4 Å². The molecule has 0 spiro atoms. The van der Waals surface area contributed by atoms with Gasteiger partial charge in [0.1, 0.15) is 10.8 Å². The molecule has 2 nitrogen and oxygen atoms in total. The Kier molecular flexibility index (Phi) is 4.13. The third kappa shape index (κ3) is 2.63. The van der Waals surface area contributed by atoms with Crippen LogP contribution in [-0.2, 0) is 6.42 Å². The number of nitrogens with one attached hydrogen (secondary N) is 1. The molecule has 1 N–H and O–H groups in total. The summed E-state index contributed by atoms with van der Waals surface area (Å²) in [5.41, 5.74) is 1.77. The number of benzene rings is 1. The zero-order chi connectivity index (χ0) is 13.9. The number of aromatic nitrogens is 1. The number of thiazole rings is 1. The van der Waals surface area contributed by atoms with Crippen LogP contribution in [-0.4, -0.2) is 11.5 Å². The first kappa shape index (κ1) is 13.7. The zero-order valence-electron chi connectivity index (χ0n) is 11.7. The van der Waals surface area contributed by atoms with E-state index in [4.69, 9.17) is 4.98 Å². The fourth-order valence-electron chi connectivity index (χ4n) is 2.69. The first-order valence-corrected chi connectivity index (χ1v) is 8.09. The van der Waals surface area contributed by atoms with Crippen LogP contribution in [0.4, 0.5) is 4.39 Å². The molecular formula is C16H19FN2S.